The number of nitrogens with zero attached hydrogens (tertiary/aromatic N) is 1. The van der Waals surface area contributed by atoms with Crippen LogP contribution >= 0.6 is 11.8 Å². The highest BCUT2D eigenvalue weighted by atomic mass is 32.2. The molecule has 0 aromatic heterocycles. The van der Waals surface area contributed by atoms with Gasteiger partial charge in [-0.05, 0) is 36.8 Å². The summed E-state index contributed by atoms with van der Waals surface area (Å²) in [5.41, 5.74) is 7.58. The first-order valence-electron chi connectivity index (χ1n) is 6.05. The molecule has 20 heavy (non-hydrogen) atoms. The third-order valence-corrected chi connectivity index (χ3v) is 4.12. The minimum absolute atomic E-state index is 0.0868. The number of nitrogens with two attached hydrogens (primary N) is 1. The quantitative estimate of drug-likeness (QED) is 0.392. The Kier molecular flexibility index (Phi) is 4.53. The maximum atomic E-state index is 8.88. The van der Waals surface area contributed by atoms with Gasteiger partial charge in [0.15, 0.2) is 5.84 Å². The molecule has 0 bridgehead atoms. The minimum atomic E-state index is 0.0868. The van der Waals surface area contributed by atoms with E-state index in [4.69, 9.17) is 15.7 Å². The van der Waals surface area contributed by atoms with Crippen LogP contribution in [0.3, 0.4) is 0 Å². The molecule has 0 fully saturated rings. The summed E-state index contributed by atoms with van der Waals surface area (Å²) >= 11 is 1.56. The van der Waals surface area contributed by atoms with Gasteiger partial charge in [0, 0.05) is 15.4 Å². The molecule has 2 aromatic carbocycles. The van der Waals surface area contributed by atoms with Crippen molar-refractivity contribution >= 4 is 17.6 Å². The van der Waals surface area contributed by atoms with Crippen molar-refractivity contribution in [3.63, 3.8) is 0 Å². The molecule has 5 heteroatoms. The first-order chi connectivity index (χ1) is 9.65. The second-order valence-corrected chi connectivity index (χ2v) is 5.30. The Morgan fingerprint density at radius 2 is 1.95 bits per heavy atom. The zero-order chi connectivity index (χ0) is 14.5. The van der Waals surface area contributed by atoms with E-state index in [1.807, 2.05) is 37.3 Å². The average molecular weight is 288 g/mol. The number of rotatable bonds is 4. The van der Waals surface area contributed by atoms with Crippen LogP contribution in [0.1, 0.15) is 11.1 Å². The van der Waals surface area contributed by atoms with Crippen LogP contribution in [0.4, 0.5) is 0 Å². The van der Waals surface area contributed by atoms with Crippen molar-refractivity contribution in [3.8, 4) is 5.75 Å². The summed E-state index contributed by atoms with van der Waals surface area (Å²) in [5, 5.41) is 12.0. The third-order valence-electron chi connectivity index (χ3n) is 2.89. The molecule has 104 valence electrons. The molecule has 0 amide bonds. The lowest BCUT2D eigenvalue weighted by Gasteiger charge is -2.11. The van der Waals surface area contributed by atoms with Gasteiger partial charge >= 0.3 is 0 Å². The van der Waals surface area contributed by atoms with Gasteiger partial charge in [-0.2, -0.15) is 0 Å². The third kappa shape index (κ3) is 3.05. The summed E-state index contributed by atoms with van der Waals surface area (Å²) in [5.74, 6) is 0.819. The van der Waals surface area contributed by atoms with Crippen LogP contribution < -0.4 is 10.5 Å². The predicted octanol–water partition coefficient (Wildman–Crippen LogP) is 3.25. The van der Waals surface area contributed by atoms with E-state index < -0.39 is 0 Å². The Morgan fingerprint density at radius 1 is 1.20 bits per heavy atom. The van der Waals surface area contributed by atoms with Crippen LogP contribution in [0, 0.1) is 6.92 Å². The molecule has 0 aliphatic rings. The van der Waals surface area contributed by atoms with Gasteiger partial charge in [0.2, 0.25) is 0 Å². The first kappa shape index (κ1) is 14.3. The molecule has 0 unspecified atom stereocenters. The Balaban J connectivity index is 2.46. The van der Waals surface area contributed by atoms with E-state index >= 15 is 0 Å². The van der Waals surface area contributed by atoms with E-state index in [9.17, 15) is 0 Å². The van der Waals surface area contributed by atoms with E-state index in [1.165, 1.54) is 5.56 Å². The summed E-state index contributed by atoms with van der Waals surface area (Å²) in [4.78, 5) is 2.00. The molecule has 0 saturated heterocycles. The first-order valence-corrected chi connectivity index (χ1v) is 6.86. The maximum absolute atomic E-state index is 8.88. The Labute approximate surface area is 122 Å². The topological polar surface area (TPSA) is 67.8 Å². The van der Waals surface area contributed by atoms with E-state index in [2.05, 4.69) is 5.16 Å². The van der Waals surface area contributed by atoms with Gasteiger partial charge in [0.25, 0.3) is 0 Å². The smallest absolute Gasteiger partial charge is 0.171 e. The van der Waals surface area contributed by atoms with E-state index in [-0.39, 0.29) is 5.84 Å². The van der Waals surface area contributed by atoms with Crippen LogP contribution in [0.2, 0.25) is 0 Å². The molecule has 0 aliphatic heterocycles. The molecular formula is C15H16N2O2S. The van der Waals surface area contributed by atoms with Crippen molar-refractivity contribution in [2.75, 3.05) is 7.11 Å². The number of oxime groups is 1. The number of methoxy groups -OCH3 is 1. The van der Waals surface area contributed by atoms with Crippen molar-refractivity contribution in [1.29, 1.82) is 0 Å². The minimum Gasteiger partial charge on any atom is -0.497 e. The fourth-order valence-corrected chi connectivity index (χ4v) is 2.84. The lowest BCUT2D eigenvalue weighted by Crippen LogP contribution is -2.14. The standard InChI is InChI=1S/C15H16N2O2S/c1-10-5-3-4-6-13(10)20-14-9-11(19-2)7-8-12(14)15(16)17-18/h3-9,18H,1-2H3,(H2,16,17). The highest BCUT2D eigenvalue weighted by Gasteiger charge is 2.11. The lowest BCUT2D eigenvalue weighted by molar-refractivity contribution is 0.318. The van der Waals surface area contributed by atoms with Gasteiger partial charge in [-0.25, -0.2) is 0 Å². The summed E-state index contributed by atoms with van der Waals surface area (Å²) in [6.45, 7) is 2.05. The number of amidine groups is 1. The van der Waals surface area contributed by atoms with E-state index in [0.29, 0.717) is 5.56 Å². The summed E-state index contributed by atoms with van der Waals surface area (Å²) in [7, 11) is 1.61. The van der Waals surface area contributed by atoms with Gasteiger partial charge in [0.1, 0.15) is 5.75 Å². The van der Waals surface area contributed by atoms with Crippen LogP contribution in [0.15, 0.2) is 57.4 Å². The van der Waals surface area contributed by atoms with Gasteiger partial charge in [-0.1, -0.05) is 35.1 Å². The largest absolute Gasteiger partial charge is 0.497 e. The Bertz CT molecular complexity index is 642. The van der Waals surface area contributed by atoms with Crippen molar-refractivity contribution in [2.45, 2.75) is 16.7 Å². The summed E-state index contributed by atoms with van der Waals surface area (Å²) in [6, 6.07) is 13.5. The number of benzene rings is 2. The Morgan fingerprint density at radius 3 is 2.60 bits per heavy atom. The lowest BCUT2D eigenvalue weighted by atomic mass is 10.2. The van der Waals surface area contributed by atoms with Crippen LogP contribution in [0.5, 0.6) is 5.75 Å². The van der Waals surface area contributed by atoms with Crippen molar-refractivity contribution in [3.05, 3.63) is 53.6 Å². The highest BCUT2D eigenvalue weighted by Crippen LogP contribution is 2.34. The van der Waals surface area contributed by atoms with E-state index in [1.54, 1.807) is 31.0 Å². The molecule has 0 heterocycles. The van der Waals surface area contributed by atoms with Crippen molar-refractivity contribution in [2.24, 2.45) is 10.9 Å². The van der Waals surface area contributed by atoms with Gasteiger partial charge in [-0.3, -0.25) is 0 Å². The van der Waals surface area contributed by atoms with Gasteiger partial charge in [0.05, 0.1) is 7.11 Å². The molecule has 3 N–H and O–H groups in total. The zero-order valence-corrected chi connectivity index (χ0v) is 12.1. The summed E-state index contributed by atoms with van der Waals surface area (Å²) in [6.07, 6.45) is 0. The molecule has 0 radical (unpaired) electrons. The number of aryl methyl sites for hydroxylation is 1. The second-order valence-electron chi connectivity index (χ2n) is 4.21. The highest BCUT2D eigenvalue weighted by molar-refractivity contribution is 7.99. The molecule has 2 aromatic rings. The molecule has 4 nitrogen and oxygen atoms in total. The number of ether oxygens (including phenoxy) is 1. The second kappa shape index (κ2) is 6.34. The van der Waals surface area contributed by atoms with Crippen LogP contribution in [0.25, 0.3) is 0 Å². The summed E-state index contributed by atoms with van der Waals surface area (Å²) < 4.78 is 5.23. The normalized spacial score (nSPS) is 11.4. The van der Waals surface area contributed by atoms with E-state index in [0.717, 1.165) is 15.5 Å². The fraction of sp³-hybridized carbons (Fsp3) is 0.133. The van der Waals surface area contributed by atoms with Gasteiger partial charge < -0.3 is 15.7 Å². The fourth-order valence-electron chi connectivity index (χ4n) is 1.77. The average Bonchev–Trinajstić information content (AvgIpc) is 2.48. The SMILES string of the molecule is COc1ccc(/C(N)=N/O)c(Sc2ccccc2C)c1. The molecule has 0 aliphatic carbocycles. The monoisotopic (exact) mass is 288 g/mol. The van der Waals surface area contributed by atoms with Crippen molar-refractivity contribution in [1.82, 2.24) is 0 Å². The molecule has 0 atom stereocenters. The molecule has 2 rings (SSSR count). The number of hydrogen-bond acceptors (Lipinski definition) is 4. The van der Waals surface area contributed by atoms with Crippen molar-refractivity contribution < 1.29 is 9.94 Å². The Hall–Kier alpha value is -2.14. The van der Waals surface area contributed by atoms with Crippen LogP contribution in [-0.2, 0) is 0 Å². The zero-order valence-electron chi connectivity index (χ0n) is 11.3. The molecule has 0 spiro atoms. The number of hydrogen-bond donors (Lipinski definition) is 2. The molecule has 0 saturated carbocycles. The van der Waals surface area contributed by atoms with Gasteiger partial charge in [-0.15, -0.1) is 0 Å². The van der Waals surface area contributed by atoms with Crippen LogP contribution in [-0.4, -0.2) is 18.2 Å². The molecular weight excluding hydrogens is 272 g/mol. The maximum Gasteiger partial charge on any atom is 0.171 e. The predicted molar refractivity (Wildman–Crippen MR) is 80.8 cm³/mol.